The SMILES string of the molecule is CCOC(=O)C1=C(COC(=O)Cc2ccc(Cl)cc2)NC(=O)N[C@H]1CC. The minimum atomic E-state index is -0.546. The number of carbonyl (C=O) groups is 3. The molecule has 1 atom stereocenters. The van der Waals surface area contributed by atoms with E-state index in [2.05, 4.69) is 10.6 Å². The van der Waals surface area contributed by atoms with Crippen LogP contribution >= 0.6 is 11.6 Å². The van der Waals surface area contributed by atoms with Crippen molar-refractivity contribution in [3.63, 3.8) is 0 Å². The van der Waals surface area contributed by atoms with Crippen molar-refractivity contribution in [1.82, 2.24) is 10.6 Å². The molecule has 0 aliphatic carbocycles. The van der Waals surface area contributed by atoms with E-state index in [4.69, 9.17) is 21.1 Å². The van der Waals surface area contributed by atoms with Gasteiger partial charge in [0.05, 0.1) is 30.3 Å². The molecule has 0 bridgehead atoms. The number of hydrogen-bond acceptors (Lipinski definition) is 5. The van der Waals surface area contributed by atoms with Crippen LogP contribution in [0.2, 0.25) is 5.02 Å². The normalized spacial score (nSPS) is 16.6. The zero-order valence-electron chi connectivity index (χ0n) is 14.6. The number of esters is 2. The molecule has 2 rings (SSSR count). The lowest BCUT2D eigenvalue weighted by molar-refractivity contribution is -0.143. The van der Waals surface area contributed by atoms with Gasteiger partial charge in [-0.2, -0.15) is 0 Å². The third-order valence-corrected chi connectivity index (χ3v) is 4.04. The van der Waals surface area contributed by atoms with Crippen LogP contribution in [0.15, 0.2) is 35.5 Å². The van der Waals surface area contributed by atoms with Gasteiger partial charge in [-0.1, -0.05) is 30.7 Å². The van der Waals surface area contributed by atoms with E-state index in [0.29, 0.717) is 11.4 Å². The lowest BCUT2D eigenvalue weighted by Gasteiger charge is -2.28. The van der Waals surface area contributed by atoms with E-state index in [0.717, 1.165) is 5.56 Å². The molecule has 0 saturated carbocycles. The average molecular weight is 381 g/mol. The molecule has 0 unspecified atom stereocenters. The summed E-state index contributed by atoms with van der Waals surface area (Å²) in [6, 6.07) is 5.88. The molecule has 7 nitrogen and oxygen atoms in total. The average Bonchev–Trinajstić information content (AvgIpc) is 2.61. The molecule has 2 N–H and O–H groups in total. The lowest BCUT2D eigenvalue weighted by Crippen LogP contribution is -2.51. The molecule has 1 aliphatic heterocycles. The first-order chi connectivity index (χ1) is 12.4. The smallest absolute Gasteiger partial charge is 0.338 e. The number of amides is 2. The Balaban J connectivity index is 2.09. The summed E-state index contributed by atoms with van der Waals surface area (Å²) >= 11 is 5.81. The minimum Gasteiger partial charge on any atom is -0.463 e. The van der Waals surface area contributed by atoms with Crippen LogP contribution in [-0.4, -0.2) is 37.2 Å². The van der Waals surface area contributed by atoms with Gasteiger partial charge in [0, 0.05) is 5.02 Å². The van der Waals surface area contributed by atoms with Gasteiger partial charge >= 0.3 is 18.0 Å². The van der Waals surface area contributed by atoms with Crippen LogP contribution in [0, 0.1) is 0 Å². The van der Waals surface area contributed by atoms with E-state index in [1.807, 2.05) is 6.92 Å². The Morgan fingerprint density at radius 1 is 1.15 bits per heavy atom. The van der Waals surface area contributed by atoms with Crippen LogP contribution in [0.5, 0.6) is 0 Å². The minimum absolute atomic E-state index is 0.0581. The largest absolute Gasteiger partial charge is 0.463 e. The number of halogens is 1. The van der Waals surface area contributed by atoms with Crippen molar-refractivity contribution >= 4 is 29.6 Å². The fourth-order valence-corrected chi connectivity index (χ4v) is 2.67. The monoisotopic (exact) mass is 380 g/mol. The predicted molar refractivity (Wildman–Crippen MR) is 95.5 cm³/mol. The van der Waals surface area contributed by atoms with Gasteiger partial charge in [-0.25, -0.2) is 9.59 Å². The molecule has 2 amide bonds. The van der Waals surface area contributed by atoms with E-state index in [-0.39, 0.29) is 30.9 Å². The molecule has 0 spiro atoms. The Bertz CT molecular complexity index is 715. The molecule has 0 fully saturated rings. The van der Waals surface area contributed by atoms with Gasteiger partial charge in [-0.3, -0.25) is 4.79 Å². The highest BCUT2D eigenvalue weighted by Gasteiger charge is 2.31. The summed E-state index contributed by atoms with van der Waals surface area (Å²) in [4.78, 5) is 36.1. The van der Waals surface area contributed by atoms with Crippen LogP contribution in [0.1, 0.15) is 25.8 Å². The molecule has 0 aromatic heterocycles. The molecule has 26 heavy (non-hydrogen) atoms. The number of carbonyl (C=O) groups excluding carboxylic acids is 3. The quantitative estimate of drug-likeness (QED) is 0.708. The van der Waals surface area contributed by atoms with Crippen molar-refractivity contribution in [2.45, 2.75) is 32.7 Å². The van der Waals surface area contributed by atoms with E-state index < -0.39 is 24.0 Å². The predicted octanol–water partition coefficient (Wildman–Crippen LogP) is 2.33. The van der Waals surface area contributed by atoms with Crippen molar-refractivity contribution in [1.29, 1.82) is 0 Å². The molecule has 140 valence electrons. The molecular weight excluding hydrogens is 360 g/mol. The third-order valence-electron chi connectivity index (χ3n) is 3.79. The summed E-state index contributed by atoms with van der Waals surface area (Å²) < 4.78 is 10.3. The van der Waals surface area contributed by atoms with Crippen molar-refractivity contribution in [2.75, 3.05) is 13.2 Å². The zero-order chi connectivity index (χ0) is 19.1. The Morgan fingerprint density at radius 3 is 2.46 bits per heavy atom. The molecular formula is C18H21ClN2O5. The molecule has 8 heteroatoms. The summed E-state index contributed by atoms with van der Waals surface area (Å²) in [6.07, 6.45) is 0.562. The van der Waals surface area contributed by atoms with E-state index in [1.54, 1.807) is 31.2 Å². The molecule has 1 aromatic rings. The van der Waals surface area contributed by atoms with E-state index in [9.17, 15) is 14.4 Å². The Labute approximate surface area is 156 Å². The lowest BCUT2D eigenvalue weighted by atomic mass is 10.0. The number of benzene rings is 1. The molecule has 0 radical (unpaired) electrons. The molecule has 1 aliphatic rings. The van der Waals surface area contributed by atoms with Gasteiger partial charge < -0.3 is 20.1 Å². The van der Waals surface area contributed by atoms with Crippen LogP contribution in [0.3, 0.4) is 0 Å². The maximum Gasteiger partial charge on any atom is 0.338 e. The number of hydrogen-bond donors (Lipinski definition) is 2. The second-order valence-electron chi connectivity index (χ2n) is 5.64. The highest BCUT2D eigenvalue weighted by atomic mass is 35.5. The summed E-state index contributed by atoms with van der Waals surface area (Å²) in [5, 5.41) is 5.77. The summed E-state index contributed by atoms with van der Waals surface area (Å²) in [5.74, 6) is -1.03. The van der Waals surface area contributed by atoms with Gasteiger partial charge in [0.2, 0.25) is 0 Å². The number of nitrogens with one attached hydrogen (secondary N) is 2. The second kappa shape index (κ2) is 9.24. The van der Waals surface area contributed by atoms with Crippen LogP contribution in [0.4, 0.5) is 4.79 Å². The Morgan fingerprint density at radius 2 is 1.85 bits per heavy atom. The van der Waals surface area contributed by atoms with Crippen LogP contribution in [0.25, 0.3) is 0 Å². The van der Waals surface area contributed by atoms with E-state index in [1.165, 1.54) is 0 Å². The van der Waals surface area contributed by atoms with Gasteiger partial charge in [-0.05, 0) is 31.0 Å². The van der Waals surface area contributed by atoms with Gasteiger partial charge in [-0.15, -0.1) is 0 Å². The van der Waals surface area contributed by atoms with Gasteiger partial charge in [0.1, 0.15) is 6.61 Å². The summed E-state index contributed by atoms with van der Waals surface area (Å²) in [6.45, 7) is 3.51. The summed E-state index contributed by atoms with van der Waals surface area (Å²) in [7, 11) is 0. The van der Waals surface area contributed by atoms with Crippen LogP contribution < -0.4 is 10.6 Å². The highest BCUT2D eigenvalue weighted by Crippen LogP contribution is 2.17. The zero-order valence-corrected chi connectivity index (χ0v) is 15.4. The van der Waals surface area contributed by atoms with Gasteiger partial charge in [0.25, 0.3) is 0 Å². The number of rotatable bonds is 7. The maximum absolute atomic E-state index is 12.2. The van der Waals surface area contributed by atoms with Crippen molar-refractivity contribution in [3.8, 4) is 0 Å². The molecule has 0 saturated heterocycles. The Kier molecular flexibility index (Phi) is 7.03. The third kappa shape index (κ3) is 5.23. The number of ether oxygens (including phenoxy) is 2. The first-order valence-corrected chi connectivity index (χ1v) is 8.70. The fourth-order valence-electron chi connectivity index (χ4n) is 2.55. The maximum atomic E-state index is 12.2. The molecule has 1 aromatic carbocycles. The second-order valence-corrected chi connectivity index (χ2v) is 6.07. The first kappa shape index (κ1) is 19.8. The standard InChI is InChI=1S/C18H21ClN2O5/c1-3-13-16(17(23)25-4-2)14(21-18(24)20-13)10-26-15(22)9-11-5-7-12(19)8-6-11/h5-8,13H,3-4,9-10H2,1-2H3,(H2,20,21,24)/t13-/m0/s1. The van der Waals surface area contributed by atoms with Crippen molar-refractivity contribution in [2.24, 2.45) is 0 Å². The van der Waals surface area contributed by atoms with Crippen molar-refractivity contribution < 1.29 is 23.9 Å². The van der Waals surface area contributed by atoms with Crippen LogP contribution in [-0.2, 0) is 25.5 Å². The topological polar surface area (TPSA) is 93.7 Å². The van der Waals surface area contributed by atoms with Gasteiger partial charge in [0.15, 0.2) is 0 Å². The fraction of sp³-hybridized carbons (Fsp3) is 0.389. The summed E-state index contributed by atoms with van der Waals surface area (Å²) in [5.41, 5.74) is 1.26. The van der Waals surface area contributed by atoms with E-state index >= 15 is 0 Å². The first-order valence-electron chi connectivity index (χ1n) is 8.32. The Hall–Kier alpha value is -2.54. The number of urea groups is 1. The molecule has 1 heterocycles. The van der Waals surface area contributed by atoms with Crippen molar-refractivity contribution in [3.05, 3.63) is 46.1 Å². The highest BCUT2D eigenvalue weighted by molar-refractivity contribution is 6.30.